The van der Waals surface area contributed by atoms with Crippen molar-refractivity contribution in [3.63, 3.8) is 0 Å². The lowest BCUT2D eigenvalue weighted by Gasteiger charge is -2.19. The molecule has 0 fully saturated rings. The molecule has 0 aromatic carbocycles. The van der Waals surface area contributed by atoms with Gasteiger partial charge in [-0.25, -0.2) is 0 Å². The van der Waals surface area contributed by atoms with Gasteiger partial charge in [0.25, 0.3) is 0 Å². The standard InChI is InChI=1S/C11H22N4/c1-5-15-11(6-8-13-15)10(12-2)7-9-14(3)4/h6,8,10,12H,5,7,9H2,1-4H3. The van der Waals surface area contributed by atoms with Crippen LogP contribution in [0, 0.1) is 0 Å². The maximum atomic E-state index is 4.29. The van der Waals surface area contributed by atoms with Gasteiger partial charge in [-0.2, -0.15) is 5.10 Å². The van der Waals surface area contributed by atoms with Gasteiger partial charge in [0, 0.05) is 12.7 Å². The molecule has 0 spiro atoms. The normalized spacial score (nSPS) is 13.4. The average molecular weight is 210 g/mol. The number of aryl methyl sites for hydroxylation is 1. The zero-order valence-corrected chi connectivity index (χ0v) is 10.2. The number of hydrogen-bond donors (Lipinski definition) is 1. The zero-order valence-electron chi connectivity index (χ0n) is 10.2. The molecule has 1 heterocycles. The largest absolute Gasteiger partial charge is 0.312 e. The predicted molar refractivity (Wildman–Crippen MR) is 62.9 cm³/mol. The lowest BCUT2D eigenvalue weighted by Crippen LogP contribution is -2.25. The van der Waals surface area contributed by atoms with E-state index < -0.39 is 0 Å². The van der Waals surface area contributed by atoms with Crippen LogP contribution in [0.5, 0.6) is 0 Å². The van der Waals surface area contributed by atoms with Gasteiger partial charge in [0.2, 0.25) is 0 Å². The summed E-state index contributed by atoms with van der Waals surface area (Å²) >= 11 is 0. The summed E-state index contributed by atoms with van der Waals surface area (Å²) in [5.74, 6) is 0. The molecule has 86 valence electrons. The van der Waals surface area contributed by atoms with Gasteiger partial charge in [0.15, 0.2) is 0 Å². The van der Waals surface area contributed by atoms with E-state index in [1.165, 1.54) is 5.69 Å². The third-order valence-corrected chi connectivity index (χ3v) is 2.62. The smallest absolute Gasteiger partial charge is 0.0553 e. The molecule has 0 radical (unpaired) electrons. The van der Waals surface area contributed by atoms with E-state index in [1.54, 1.807) is 0 Å². The van der Waals surface area contributed by atoms with E-state index in [0.29, 0.717) is 6.04 Å². The van der Waals surface area contributed by atoms with E-state index in [4.69, 9.17) is 0 Å². The van der Waals surface area contributed by atoms with Crippen LogP contribution in [0.3, 0.4) is 0 Å². The van der Waals surface area contributed by atoms with Gasteiger partial charge in [0.1, 0.15) is 0 Å². The highest BCUT2D eigenvalue weighted by atomic mass is 15.3. The molecular formula is C11H22N4. The fraction of sp³-hybridized carbons (Fsp3) is 0.727. The summed E-state index contributed by atoms with van der Waals surface area (Å²) in [6, 6.07) is 2.50. The molecule has 4 nitrogen and oxygen atoms in total. The minimum Gasteiger partial charge on any atom is -0.312 e. The molecule has 1 rings (SSSR count). The summed E-state index contributed by atoms with van der Waals surface area (Å²) in [6.07, 6.45) is 2.98. The molecule has 0 bridgehead atoms. The lowest BCUT2D eigenvalue weighted by atomic mass is 10.1. The Bertz CT molecular complexity index is 280. The summed E-state index contributed by atoms with van der Waals surface area (Å²) in [5, 5.41) is 7.64. The Morgan fingerprint density at radius 3 is 2.80 bits per heavy atom. The Hall–Kier alpha value is -0.870. The van der Waals surface area contributed by atoms with Crippen molar-refractivity contribution in [2.24, 2.45) is 0 Å². The number of hydrogen-bond acceptors (Lipinski definition) is 3. The third-order valence-electron chi connectivity index (χ3n) is 2.62. The molecule has 0 aliphatic heterocycles. The first-order valence-electron chi connectivity index (χ1n) is 5.52. The summed E-state index contributed by atoms with van der Waals surface area (Å²) in [6.45, 7) is 4.14. The molecule has 1 atom stereocenters. The number of nitrogens with zero attached hydrogens (tertiary/aromatic N) is 3. The summed E-state index contributed by atoms with van der Waals surface area (Å²) < 4.78 is 2.05. The van der Waals surface area contributed by atoms with Gasteiger partial charge in [-0.1, -0.05) is 0 Å². The molecule has 15 heavy (non-hydrogen) atoms. The predicted octanol–water partition coefficient (Wildman–Crippen LogP) is 1.12. The third kappa shape index (κ3) is 3.32. The first-order valence-corrected chi connectivity index (χ1v) is 5.52. The maximum absolute atomic E-state index is 4.29. The van der Waals surface area contributed by atoms with Crippen LogP contribution in [0.2, 0.25) is 0 Å². The van der Waals surface area contributed by atoms with Crippen LogP contribution in [-0.2, 0) is 6.54 Å². The van der Waals surface area contributed by atoms with Crippen LogP contribution in [0.1, 0.15) is 25.1 Å². The van der Waals surface area contributed by atoms with Crippen LogP contribution in [0.25, 0.3) is 0 Å². The Balaban J connectivity index is 2.65. The van der Waals surface area contributed by atoms with Gasteiger partial charge < -0.3 is 10.2 Å². The molecule has 0 amide bonds. The minimum atomic E-state index is 0.398. The fourth-order valence-electron chi connectivity index (χ4n) is 1.73. The number of aromatic nitrogens is 2. The average Bonchev–Trinajstić information content (AvgIpc) is 2.66. The quantitative estimate of drug-likeness (QED) is 0.763. The minimum absolute atomic E-state index is 0.398. The first-order chi connectivity index (χ1) is 7.19. The Morgan fingerprint density at radius 1 is 1.53 bits per heavy atom. The molecule has 0 saturated carbocycles. The topological polar surface area (TPSA) is 33.1 Å². The van der Waals surface area contributed by atoms with Gasteiger partial charge in [-0.05, 0) is 47.1 Å². The van der Waals surface area contributed by atoms with Gasteiger partial charge in [-0.3, -0.25) is 4.68 Å². The van der Waals surface area contributed by atoms with Crippen LogP contribution in [0.15, 0.2) is 12.3 Å². The monoisotopic (exact) mass is 210 g/mol. The summed E-state index contributed by atoms with van der Waals surface area (Å²) in [4.78, 5) is 2.21. The molecule has 1 aromatic rings. The maximum Gasteiger partial charge on any atom is 0.0553 e. The van der Waals surface area contributed by atoms with Crippen molar-refractivity contribution in [1.29, 1.82) is 0 Å². The van der Waals surface area contributed by atoms with Crippen molar-refractivity contribution >= 4 is 0 Å². The second-order valence-corrected chi connectivity index (χ2v) is 4.01. The van der Waals surface area contributed by atoms with Gasteiger partial charge in [-0.15, -0.1) is 0 Å². The van der Waals surface area contributed by atoms with Crippen molar-refractivity contribution in [3.8, 4) is 0 Å². The van der Waals surface area contributed by atoms with Crippen LogP contribution >= 0.6 is 0 Å². The summed E-state index contributed by atoms with van der Waals surface area (Å²) in [7, 11) is 6.21. The fourth-order valence-corrected chi connectivity index (χ4v) is 1.73. The Labute approximate surface area is 92.3 Å². The van der Waals surface area contributed by atoms with Gasteiger partial charge in [0.05, 0.1) is 11.7 Å². The molecule has 1 N–H and O–H groups in total. The van der Waals surface area contributed by atoms with Crippen LogP contribution < -0.4 is 5.32 Å². The molecule has 0 aliphatic carbocycles. The number of nitrogens with one attached hydrogen (secondary N) is 1. The molecule has 0 saturated heterocycles. The van der Waals surface area contributed by atoms with Crippen molar-refractivity contribution < 1.29 is 0 Å². The first kappa shape index (κ1) is 12.2. The van der Waals surface area contributed by atoms with E-state index in [-0.39, 0.29) is 0 Å². The van der Waals surface area contributed by atoms with Gasteiger partial charge >= 0.3 is 0 Å². The van der Waals surface area contributed by atoms with E-state index in [0.717, 1.165) is 19.5 Å². The lowest BCUT2D eigenvalue weighted by molar-refractivity contribution is 0.360. The zero-order chi connectivity index (χ0) is 11.3. The van der Waals surface area contributed by atoms with E-state index >= 15 is 0 Å². The molecule has 0 aliphatic rings. The van der Waals surface area contributed by atoms with E-state index in [2.05, 4.69) is 47.1 Å². The van der Waals surface area contributed by atoms with Crippen molar-refractivity contribution in [1.82, 2.24) is 20.0 Å². The number of rotatable bonds is 6. The Kier molecular flexibility index (Phi) is 4.78. The van der Waals surface area contributed by atoms with Crippen molar-refractivity contribution in [2.45, 2.75) is 25.9 Å². The highest BCUT2D eigenvalue weighted by molar-refractivity contribution is 5.06. The molecule has 4 heteroatoms. The van der Waals surface area contributed by atoms with Crippen molar-refractivity contribution in [3.05, 3.63) is 18.0 Å². The highest BCUT2D eigenvalue weighted by Crippen LogP contribution is 2.15. The molecular weight excluding hydrogens is 188 g/mol. The van der Waals surface area contributed by atoms with Crippen LogP contribution in [-0.4, -0.2) is 42.4 Å². The van der Waals surface area contributed by atoms with E-state index in [9.17, 15) is 0 Å². The molecule has 1 unspecified atom stereocenters. The van der Waals surface area contributed by atoms with E-state index in [1.807, 2.05) is 13.2 Å². The van der Waals surface area contributed by atoms with Crippen molar-refractivity contribution in [2.75, 3.05) is 27.7 Å². The highest BCUT2D eigenvalue weighted by Gasteiger charge is 2.13. The SMILES string of the molecule is CCn1nccc1C(CCN(C)C)NC. The summed E-state index contributed by atoms with van der Waals surface area (Å²) in [5.41, 5.74) is 1.28. The Morgan fingerprint density at radius 2 is 2.27 bits per heavy atom. The van der Waals surface area contributed by atoms with Crippen LogP contribution in [0.4, 0.5) is 0 Å². The second kappa shape index (κ2) is 5.88. The second-order valence-electron chi connectivity index (χ2n) is 4.01. The molecule has 1 aromatic heterocycles.